The molecule has 16 heavy (non-hydrogen) atoms. The third-order valence-electron chi connectivity index (χ3n) is 3.54. The number of benzene rings is 1. The fourth-order valence-corrected chi connectivity index (χ4v) is 3.24. The second-order valence-corrected chi connectivity index (χ2v) is 5.58. The smallest absolute Gasteiger partial charge is 0.124 e. The summed E-state index contributed by atoms with van der Waals surface area (Å²) in [5.41, 5.74) is 6.84. The zero-order chi connectivity index (χ0) is 11.5. The van der Waals surface area contributed by atoms with Gasteiger partial charge in [0.1, 0.15) is 5.82 Å². The average Bonchev–Trinajstić information content (AvgIpc) is 2.63. The Hall–Kier alpha value is -0.410. The number of halogens is 2. The second-order valence-electron chi connectivity index (χ2n) is 4.67. The van der Waals surface area contributed by atoms with Crippen molar-refractivity contribution in [1.82, 2.24) is 0 Å². The van der Waals surface area contributed by atoms with Crippen LogP contribution in [0.3, 0.4) is 0 Å². The highest BCUT2D eigenvalue weighted by atomic mass is 79.9. The highest BCUT2D eigenvalue weighted by Gasteiger charge is 2.26. The first-order valence-electron chi connectivity index (χ1n) is 5.84. The Kier molecular flexibility index (Phi) is 3.98. The van der Waals surface area contributed by atoms with Gasteiger partial charge >= 0.3 is 0 Å². The molecule has 1 aromatic rings. The fourth-order valence-electron chi connectivity index (χ4n) is 2.72. The fraction of sp³-hybridized carbons (Fsp3) is 0.538. The van der Waals surface area contributed by atoms with E-state index in [4.69, 9.17) is 5.73 Å². The van der Waals surface area contributed by atoms with Crippen LogP contribution in [-0.4, -0.2) is 6.54 Å². The number of rotatable bonds is 3. The maximum Gasteiger partial charge on any atom is 0.124 e. The topological polar surface area (TPSA) is 26.0 Å². The molecule has 2 unspecified atom stereocenters. The molecule has 3 heteroatoms. The molecular weight excluding hydrogens is 269 g/mol. The van der Waals surface area contributed by atoms with Crippen molar-refractivity contribution in [3.63, 3.8) is 0 Å². The summed E-state index contributed by atoms with van der Waals surface area (Å²) in [7, 11) is 0. The van der Waals surface area contributed by atoms with Gasteiger partial charge in [-0.05, 0) is 61.4 Å². The normalized spacial score (nSPS) is 24.9. The summed E-state index contributed by atoms with van der Waals surface area (Å²) in [4.78, 5) is 0. The van der Waals surface area contributed by atoms with Gasteiger partial charge in [0, 0.05) is 4.47 Å². The zero-order valence-electron chi connectivity index (χ0n) is 9.26. The molecule has 0 heterocycles. The van der Waals surface area contributed by atoms with Crippen molar-refractivity contribution in [2.45, 2.75) is 25.7 Å². The predicted octanol–water partition coefficient (Wildman–Crippen LogP) is 3.51. The summed E-state index contributed by atoms with van der Waals surface area (Å²) in [6.45, 7) is 0.765. The van der Waals surface area contributed by atoms with Gasteiger partial charge in [0.25, 0.3) is 0 Å². The van der Waals surface area contributed by atoms with Crippen LogP contribution < -0.4 is 5.73 Å². The van der Waals surface area contributed by atoms with Crippen molar-refractivity contribution in [2.24, 2.45) is 17.6 Å². The molecule has 2 N–H and O–H groups in total. The van der Waals surface area contributed by atoms with E-state index < -0.39 is 0 Å². The third-order valence-corrected chi connectivity index (χ3v) is 4.00. The molecule has 0 spiro atoms. The van der Waals surface area contributed by atoms with Crippen molar-refractivity contribution in [2.75, 3.05) is 6.54 Å². The van der Waals surface area contributed by atoms with E-state index in [0.29, 0.717) is 11.8 Å². The van der Waals surface area contributed by atoms with Crippen LogP contribution in [0.1, 0.15) is 24.8 Å². The molecule has 88 valence electrons. The molecule has 1 fully saturated rings. The third kappa shape index (κ3) is 2.83. The Bertz CT molecular complexity index is 347. The van der Waals surface area contributed by atoms with E-state index in [0.717, 1.165) is 23.0 Å². The minimum absolute atomic E-state index is 0.160. The van der Waals surface area contributed by atoms with Gasteiger partial charge in [0.05, 0.1) is 0 Å². The second kappa shape index (κ2) is 5.28. The molecule has 0 amide bonds. The molecular formula is C13H17BrFN. The van der Waals surface area contributed by atoms with E-state index in [2.05, 4.69) is 15.9 Å². The van der Waals surface area contributed by atoms with E-state index in [1.807, 2.05) is 6.07 Å². The maximum atomic E-state index is 13.2. The lowest BCUT2D eigenvalue weighted by molar-refractivity contribution is 0.394. The van der Waals surface area contributed by atoms with Crippen LogP contribution >= 0.6 is 15.9 Å². The summed E-state index contributed by atoms with van der Waals surface area (Å²) < 4.78 is 14.1. The highest BCUT2D eigenvalue weighted by Crippen LogP contribution is 2.34. The molecule has 2 atom stereocenters. The number of hydrogen-bond acceptors (Lipinski definition) is 1. The summed E-state index contributed by atoms with van der Waals surface area (Å²) in [5, 5.41) is 0. The van der Waals surface area contributed by atoms with E-state index in [-0.39, 0.29) is 5.82 Å². The lowest BCUT2D eigenvalue weighted by Gasteiger charge is -2.17. The summed E-state index contributed by atoms with van der Waals surface area (Å²) in [5.74, 6) is 1.10. The van der Waals surface area contributed by atoms with Crippen molar-refractivity contribution >= 4 is 15.9 Å². The zero-order valence-corrected chi connectivity index (χ0v) is 10.8. The Morgan fingerprint density at radius 1 is 1.25 bits per heavy atom. The molecule has 0 radical (unpaired) electrons. The highest BCUT2D eigenvalue weighted by molar-refractivity contribution is 9.10. The minimum Gasteiger partial charge on any atom is -0.330 e. The van der Waals surface area contributed by atoms with E-state index in [9.17, 15) is 4.39 Å². The first kappa shape index (κ1) is 12.1. The maximum absolute atomic E-state index is 13.2. The van der Waals surface area contributed by atoms with Crippen LogP contribution in [-0.2, 0) is 6.42 Å². The lowest BCUT2D eigenvalue weighted by Crippen LogP contribution is -2.20. The van der Waals surface area contributed by atoms with Gasteiger partial charge in [-0.1, -0.05) is 22.4 Å². The van der Waals surface area contributed by atoms with Gasteiger partial charge in [-0.3, -0.25) is 0 Å². The number of hydrogen-bond donors (Lipinski definition) is 1. The molecule has 0 saturated heterocycles. The first-order chi connectivity index (χ1) is 7.69. The van der Waals surface area contributed by atoms with Crippen LogP contribution in [0.25, 0.3) is 0 Å². The first-order valence-corrected chi connectivity index (χ1v) is 6.63. The van der Waals surface area contributed by atoms with Crippen molar-refractivity contribution in [3.05, 3.63) is 34.1 Å². The Labute approximate surface area is 104 Å². The molecule has 1 saturated carbocycles. The summed E-state index contributed by atoms with van der Waals surface area (Å²) >= 11 is 3.33. The standard InChI is InChI=1S/C13H17BrFN/c14-12-5-9(6-13(15)7-12)4-10-2-1-3-11(10)8-16/h5-7,10-11H,1-4,8,16H2. The lowest BCUT2D eigenvalue weighted by atomic mass is 9.90. The van der Waals surface area contributed by atoms with Gasteiger partial charge < -0.3 is 5.73 Å². The molecule has 0 aliphatic heterocycles. The molecule has 1 aliphatic rings. The van der Waals surface area contributed by atoms with Crippen LogP contribution in [0.5, 0.6) is 0 Å². The summed E-state index contributed by atoms with van der Waals surface area (Å²) in [6.07, 6.45) is 4.69. The molecule has 2 rings (SSSR count). The van der Waals surface area contributed by atoms with E-state index in [1.165, 1.54) is 25.3 Å². The van der Waals surface area contributed by atoms with Gasteiger partial charge in [-0.25, -0.2) is 4.39 Å². The predicted molar refractivity (Wildman–Crippen MR) is 67.7 cm³/mol. The SMILES string of the molecule is NCC1CCCC1Cc1cc(F)cc(Br)c1. The van der Waals surface area contributed by atoms with Crippen LogP contribution in [0.15, 0.2) is 22.7 Å². The van der Waals surface area contributed by atoms with Crippen molar-refractivity contribution < 1.29 is 4.39 Å². The monoisotopic (exact) mass is 285 g/mol. The van der Waals surface area contributed by atoms with E-state index in [1.54, 1.807) is 6.07 Å². The Balaban J connectivity index is 2.08. The number of nitrogens with two attached hydrogens (primary N) is 1. The van der Waals surface area contributed by atoms with Crippen LogP contribution in [0.4, 0.5) is 4.39 Å². The Morgan fingerprint density at radius 2 is 2.00 bits per heavy atom. The molecule has 1 nitrogen and oxygen atoms in total. The Morgan fingerprint density at radius 3 is 2.69 bits per heavy atom. The van der Waals surface area contributed by atoms with Gasteiger partial charge in [0.15, 0.2) is 0 Å². The molecule has 0 aromatic heterocycles. The van der Waals surface area contributed by atoms with Crippen molar-refractivity contribution in [1.29, 1.82) is 0 Å². The van der Waals surface area contributed by atoms with E-state index >= 15 is 0 Å². The van der Waals surface area contributed by atoms with Gasteiger partial charge in [-0.15, -0.1) is 0 Å². The largest absolute Gasteiger partial charge is 0.330 e. The van der Waals surface area contributed by atoms with Gasteiger partial charge in [-0.2, -0.15) is 0 Å². The average molecular weight is 286 g/mol. The quantitative estimate of drug-likeness (QED) is 0.904. The van der Waals surface area contributed by atoms with Crippen LogP contribution in [0, 0.1) is 17.7 Å². The molecule has 1 aliphatic carbocycles. The van der Waals surface area contributed by atoms with Crippen molar-refractivity contribution in [3.8, 4) is 0 Å². The summed E-state index contributed by atoms with van der Waals surface area (Å²) in [6, 6.07) is 5.14. The van der Waals surface area contributed by atoms with Crippen LogP contribution in [0.2, 0.25) is 0 Å². The van der Waals surface area contributed by atoms with Gasteiger partial charge in [0.2, 0.25) is 0 Å². The molecule has 1 aromatic carbocycles. The molecule has 0 bridgehead atoms. The minimum atomic E-state index is -0.160.